The van der Waals surface area contributed by atoms with Gasteiger partial charge in [-0.05, 0) is 23.8 Å². The number of hydrogen-bond donors (Lipinski definition) is 0. The van der Waals surface area contributed by atoms with Crippen molar-refractivity contribution in [2.45, 2.75) is 13.8 Å². The van der Waals surface area contributed by atoms with E-state index in [0.29, 0.717) is 17.1 Å². The van der Waals surface area contributed by atoms with Gasteiger partial charge in [-0.3, -0.25) is 9.59 Å². The lowest BCUT2D eigenvalue weighted by atomic mass is 10.1. The van der Waals surface area contributed by atoms with E-state index in [4.69, 9.17) is 9.47 Å². The summed E-state index contributed by atoms with van der Waals surface area (Å²) in [5.74, 6) is 0.320. The molecule has 0 unspecified atom stereocenters. The third kappa shape index (κ3) is 3.16. The summed E-state index contributed by atoms with van der Waals surface area (Å²) in [5, 5.41) is 0. The normalized spacial score (nSPS) is 14.7. The number of carbonyl (C=O) groups is 2. The third-order valence-electron chi connectivity index (χ3n) is 3.43. The van der Waals surface area contributed by atoms with Crippen LogP contribution in [0.25, 0.3) is 6.08 Å². The molecule has 2 aromatic rings. The fourth-order valence-electron chi connectivity index (χ4n) is 2.17. The second-order valence-electron chi connectivity index (χ2n) is 5.58. The first kappa shape index (κ1) is 15.0. The zero-order valence-electron chi connectivity index (χ0n) is 12.9. The molecule has 0 fully saturated rings. The Morgan fingerprint density at radius 3 is 2.57 bits per heavy atom. The van der Waals surface area contributed by atoms with E-state index in [-0.39, 0.29) is 23.4 Å². The average molecular weight is 308 g/mol. The van der Waals surface area contributed by atoms with Gasteiger partial charge in [0.05, 0.1) is 11.5 Å². The number of ether oxygens (including phenoxy) is 2. The van der Waals surface area contributed by atoms with Crippen LogP contribution in [0, 0.1) is 5.92 Å². The van der Waals surface area contributed by atoms with Gasteiger partial charge in [-0.1, -0.05) is 44.2 Å². The number of Topliss-reactive ketones (excluding diaryl/α,β-unsaturated/α-hetero) is 1. The van der Waals surface area contributed by atoms with E-state index < -0.39 is 0 Å². The van der Waals surface area contributed by atoms with Crippen molar-refractivity contribution in [3.05, 3.63) is 65.4 Å². The predicted octanol–water partition coefficient (Wildman–Crippen LogP) is 3.86. The number of rotatable bonds is 3. The molecule has 3 rings (SSSR count). The van der Waals surface area contributed by atoms with Gasteiger partial charge in [-0.2, -0.15) is 0 Å². The molecule has 1 aliphatic rings. The molecule has 4 nitrogen and oxygen atoms in total. The van der Waals surface area contributed by atoms with Crippen LogP contribution in [-0.4, -0.2) is 11.8 Å². The molecule has 2 aromatic carbocycles. The molecule has 0 radical (unpaired) electrons. The van der Waals surface area contributed by atoms with E-state index in [1.807, 2.05) is 30.3 Å². The van der Waals surface area contributed by atoms with Crippen LogP contribution in [0.2, 0.25) is 0 Å². The minimum atomic E-state index is -0.325. The monoisotopic (exact) mass is 308 g/mol. The summed E-state index contributed by atoms with van der Waals surface area (Å²) in [6, 6.07) is 14.3. The number of benzene rings is 2. The third-order valence-corrected chi connectivity index (χ3v) is 3.43. The van der Waals surface area contributed by atoms with Gasteiger partial charge in [0, 0.05) is 6.07 Å². The molecule has 0 amide bonds. The van der Waals surface area contributed by atoms with Crippen molar-refractivity contribution in [2.24, 2.45) is 5.92 Å². The zero-order chi connectivity index (χ0) is 16.4. The largest absolute Gasteiger partial charge is 0.452 e. The maximum Gasteiger partial charge on any atom is 0.313 e. The highest BCUT2D eigenvalue weighted by atomic mass is 16.5. The van der Waals surface area contributed by atoms with E-state index in [2.05, 4.69) is 0 Å². The Hall–Kier alpha value is -2.88. The molecule has 0 bridgehead atoms. The van der Waals surface area contributed by atoms with Crippen LogP contribution in [0.3, 0.4) is 0 Å². The predicted molar refractivity (Wildman–Crippen MR) is 86.3 cm³/mol. The van der Waals surface area contributed by atoms with Gasteiger partial charge >= 0.3 is 5.97 Å². The molecule has 1 aliphatic heterocycles. The Kier molecular flexibility index (Phi) is 3.98. The quantitative estimate of drug-likeness (QED) is 0.491. The number of allylic oxidation sites excluding steroid dienone is 1. The van der Waals surface area contributed by atoms with Crippen LogP contribution < -0.4 is 9.47 Å². The molecule has 0 saturated heterocycles. The molecule has 0 aliphatic carbocycles. The molecule has 23 heavy (non-hydrogen) atoms. The lowest BCUT2D eigenvalue weighted by Crippen LogP contribution is -2.14. The summed E-state index contributed by atoms with van der Waals surface area (Å²) in [5.41, 5.74) is 1.35. The minimum Gasteiger partial charge on any atom is -0.452 e. The van der Waals surface area contributed by atoms with Gasteiger partial charge in [0.2, 0.25) is 5.78 Å². The fraction of sp³-hybridized carbons (Fsp3) is 0.158. The molecular formula is C19H16O4. The number of esters is 1. The Bertz CT molecular complexity index is 788. The Labute approximate surface area is 134 Å². The van der Waals surface area contributed by atoms with E-state index >= 15 is 0 Å². The van der Waals surface area contributed by atoms with Crippen LogP contribution in [0.1, 0.15) is 29.8 Å². The van der Waals surface area contributed by atoms with E-state index in [9.17, 15) is 9.59 Å². The van der Waals surface area contributed by atoms with Crippen LogP contribution in [0.15, 0.2) is 54.3 Å². The van der Waals surface area contributed by atoms with Crippen LogP contribution in [0.4, 0.5) is 0 Å². The van der Waals surface area contributed by atoms with Crippen molar-refractivity contribution in [3.8, 4) is 11.5 Å². The standard InChI is InChI=1S/C19H16O4/c1-12(2)19(21)22-14-8-9-15-16(11-14)23-17(18(15)20)10-13-6-4-3-5-7-13/h3-12H,1-2H3/b17-10-. The highest BCUT2D eigenvalue weighted by Crippen LogP contribution is 2.35. The number of ketones is 1. The SMILES string of the molecule is CC(C)C(=O)Oc1ccc2c(c1)O/C(=C\c1ccccc1)C2=O. The summed E-state index contributed by atoms with van der Waals surface area (Å²) in [4.78, 5) is 24.0. The second-order valence-corrected chi connectivity index (χ2v) is 5.58. The van der Waals surface area contributed by atoms with Gasteiger partial charge in [0.15, 0.2) is 5.76 Å². The van der Waals surface area contributed by atoms with Crippen molar-refractivity contribution in [1.29, 1.82) is 0 Å². The minimum absolute atomic E-state index is 0.175. The molecule has 0 N–H and O–H groups in total. The van der Waals surface area contributed by atoms with Crippen molar-refractivity contribution in [2.75, 3.05) is 0 Å². The average Bonchev–Trinajstić information content (AvgIpc) is 2.84. The first-order chi connectivity index (χ1) is 11.0. The van der Waals surface area contributed by atoms with Gasteiger partial charge < -0.3 is 9.47 Å². The molecule has 116 valence electrons. The molecule has 4 heteroatoms. The zero-order valence-corrected chi connectivity index (χ0v) is 12.9. The van der Waals surface area contributed by atoms with Crippen molar-refractivity contribution >= 4 is 17.8 Å². The maximum absolute atomic E-state index is 12.3. The first-order valence-electron chi connectivity index (χ1n) is 7.39. The van der Waals surface area contributed by atoms with Crippen LogP contribution >= 0.6 is 0 Å². The van der Waals surface area contributed by atoms with Gasteiger partial charge in [0.1, 0.15) is 11.5 Å². The number of carbonyl (C=O) groups excluding carboxylic acids is 2. The molecule has 0 saturated carbocycles. The summed E-state index contributed by atoms with van der Waals surface area (Å²) < 4.78 is 10.9. The molecule has 0 aromatic heterocycles. The van der Waals surface area contributed by atoms with E-state index in [1.165, 1.54) is 0 Å². The fourth-order valence-corrected chi connectivity index (χ4v) is 2.17. The van der Waals surface area contributed by atoms with Gasteiger partial charge in [-0.15, -0.1) is 0 Å². The second kappa shape index (κ2) is 6.08. The topological polar surface area (TPSA) is 52.6 Å². The van der Waals surface area contributed by atoms with Crippen LogP contribution in [-0.2, 0) is 4.79 Å². The highest BCUT2D eigenvalue weighted by molar-refractivity contribution is 6.14. The summed E-state index contributed by atoms with van der Waals surface area (Å²) in [7, 11) is 0. The molecule has 0 atom stereocenters. The number of fused-ring (bicyclic) bond motifs is 1. The molecular weight excluding hydrogens is 292 g/mol. The highest BCUT2D eigenvalue weighted by Gasteiger charge is 2.28. The van der Waals surface area contributed by atoms with Crippen LogP contribution in [0.5, 0.6) is 11.5 Å². The lowest BCUT2D eigenvalue weighted by molar-refractivity contribution is -0.137. The lowest BCUT2D eigenvalue weighted by Gasteiger charge is -2.07. The van der Waals surface area contributed by atoms with Gasteiger partial charge in [-0.25, -0.2) is 0 Å². The summed E-state index contributed by atoms with van der Waals surface area (Å²) in [6.45, 7) is 3.52. The van der Waals surface area contributed by atoms with E-state index in [0.717, 1.165) is 5.56 Å². The van der Waals surface area contributed by atoms with Gasteiger partial charge in [0.25, 0.3) is 0 Å². The molecule has 0 spiro atoms. The Morgan fingerprint density at radius 1 is 1.13 bits per heavy atom. The Morgan fingerprint density at radius 2 is 1.87 bits per heavy atom. The summed E-state index contributed by atoms with van der Waals surface area (Å²) >= 11 is 0. The molecule has 1 heterocycles. The van der Waals surface area contributed by atoms with Crippen molar-refractivity contribution in [1.82, 2.24) is 0 Å². The Balaban J connectivity index is 1.85. The first-order valence-corrected chi connectivity index (χ1v) is 7.39. The smallest absolute Gasteiger partial charge is 0.313 e. The van der Waals surface area contributed by atoms with E-state index in [1.54, 1.807) is 38.1 Å². The van der Waals surface area contributed by atoms with Crippen molar-refractivity contribution < 1.29 is 19.1 Å². The number of hydrogen-bond acceptors (Lipinski definition) is 4. The van der Waals surface area contributed by atoms with Crippen molar-refractivity contribution in [3.63, 3.8) is 0 Å². The summed E-state index contributed by atoms with van der Waals surface area (Å²) in [6.07, 6.45) is 1.70. The maximum atomic E-state index is 12.3.